The van der Waals surface area contributed by atoms with Crippen LogP contribution < -0.4 is 5.32 Å². The maximum atomic E-state index is 12.2. The van der Waals surface area contributed by atoms with Crippen LogP contribution in [-0.4, -0.2) is 35.2 Å². The number of ether oxygens (including phenoxy) is 1. The van der Waals surface area contributed by atoms with E-state index < -0.39 is 0 Å². The van der Waals surface area contributed by atoms with E-state index in [0.29, 0.717) is 25.3 Å². The second kappa shape index (κ2) is 6.67. The van der Waals surface area contributed by atoms with Gasteiger partial charge in [0, 0.05) is 36.1 Å². The molecule has 0 bridgehead atoms. The second-order valence-electron chi connectivity index (χ2n) is 4.39. The van der Waals surface area contributed by atoms with Gasteiger partial charge in [0.2, 0.25) is 0 Å². The molecule has 108 valence electrons. The minimum atomic E-state index is -0.0689. The number of carbonyl (C=O) groups is 1. The average Bonchev–Trinajstić information content (AvgIpc) is 3.03. The Morgan fingerprint density at radius 2 is 2.30 bits per heavy atom. The highest BCUT2D eigenvalue weighted by Crippen LogP contribution is 2.22. The van der Waals surface area contributed by atoms with Gasteiger partial charge in [0.1, 0.15) is 0 Å². The van der Waals surface area contributed by atoms with E-state index in [2.05, 4.69) is 10.3 Å². The molecular weight excluding hydrogens is 274 g/mol. The standard InChI is InChI=1S/C14H19N3O2S/c1-4-19-7-5-15-13(18)12-9-10(2)17(11(12)3)14-16-6-8-20-14/h6,8-9H,4-5,7H2,1-3H3,(H,15,18). The Balaban J connectivity index is 2.13. The molecule has 2 heterocycles. The maximum Gasteiger partial charge on any atom is 0.253 e. The van der Waals surface area contributed by atoms with Crippen molar-refractivity contribution in [1.29, 1.82) is 0 Å². The number of hydrogen-bond donors (Lipinski definition) is 1. The lowest BCUT2D eigenvalue weighted by molar-refractivity contribution is 0.0922. The summed E-state index contributed by atoms with van der Waals surface area (Å²) in [5.41, 5.74) is 2.60. The van der Waals surface area contributed by atoms with Crippen molar-refractivity contribution >= 4 is 17.2 Å². The third-order valence-corrected chi connectivity index (χ3v) is 3.78. The summed E-state index contributed by atoms with van der Waals surface area (Å²) in [6.45, 7) is 7.57. The molecule has 0 radical (unpaired) electrons. The molecule has 0 aliphatic rings. The second-order valence-corrected chi connectivity index (χ2v) is 5.26. The van der Waals surface area contributed by atoms with Crippen molar-refractivity contribution in [1.82, 2.24) is 14.9 Å². The topological polar surface area (TPSA) is 56.1 Å². The fourth-order valence-corrected chi connectivity index (χ4v) is 2.84. The summed E-state index contributed by atoms with van der Waals surface area (Å²) in [5.74, 6) is -0.0689. The molecule has 0 aliphatic carbocycles. The molecule has 0 unspecified atom stereocenters. The van der Waals surface area contributed by atoms with Crippen LogP contribution in [0, 0.1) is 13.8 Å². The van der Waals surface area contributed by atoms with Gasteiger partial charge in [0.15, 0.2) is 5.13 Å². The molecule has 5 nitrogen and oxygen atoms in total. The first kappa shape index (κ1) is 14.7. The Bertz CT molecular complexity index is 576. The molecule has 0 spiro atoms. The highest BCUT2D eigenvalue weighted by atomic mass is 32.1. The van der Waals surface area contributed by atoms with Gasteiger partial charge in [-0.05, 0) is 26.8 Å². The first-order chi connectivity index (χ1) is 9.65. The predicted octanol–water partition coefficient (Wildman–Crippen LogP) is 2.32. The van der Waals surface area contributed by atoms with Gasteiger partial charge in [-0.15, -0.1) is 11.3 Å². The number of aryl methyl sites for hydroxylation is 1. The number of carbonyl (C=O) groups excluding carboxylic acids is 1. The van der Waals surface area contributed by atoms with Crippen molar-refractivity contribution in [2.24, 2.45) is 0 Å². The molecule has 0 fully saturated rings. The van der Waals surface area contributed by atoms with Crippen molar-refractivity contribution < 1.29 is 9.53 Å². The summed E-state index contributed by atoms with van der Waals surface area (Å²) in [6.07, 6.45) is 1.76. The molecule has 0 saturated heterocycles. The van der Waals surface area contributed by atoms with Crippen molar-refractivity contribution in [2.75, 3.05) is 19.8 Å². The Labute approximate surface area is 122 Å². The SMILES string of the molecule is CCOCCNC(=O)c1cc(C)n(-c2nccs2)c1C. The maximum absolute atomic E-state index is 12.2. The summed E-state index contributed by atoms with van der Waals surface area (Å²) in [7, 11) is 0. The summed E-state index contributed by atoms with van der Waals surface area (Å²) in [4.78, 5) is 16.5. The predicted molar refractivity (Wildman–Crippen MR) is 79.7 cm³/mol. The highest BCUT2D eigenvalue weighted by molar-refractivity contribution is 7.12. The lowest BCUT2D eigenvalue weighted by atomic mass is 10.2. The monoisotopic (exact) mass is 293 g/mol. The van der Waals surface area contributed by atoms with Crippen LogP contribution in [0.1, 0.15) is 28.7 Å². The third kappa shape index (κ3) is 3.08. The highest BCUT2D eigenvalue weighted by Gasteiger charge is 2.17. The van der Waals surface area contributed by atoms with Crippen LogP contribution in [0.4, 0.5) is 0 Å². The van der Waals surface area contributed by atoms with Crippen molar-refractivity contribution in [3.8, 4) is 5.13 Å². The van der Waals surface area contributed by atoms with Crippen LogP contribution in [0.5, 0.6) is 0 Å². The van der Waals surface area contributed by atoms with Crippen LogP contribution in [-0.2, 0) is 4.74 Å². The molecule has 0 saturated carbocycles. The first-order valence-electron chi connectivity index (χ1n) is 6.60. The minimum absolute atomic E-state index is 0.0689. The van der Waals surface area contributed by atoms with Crippen LogP contribution in [0.3, 0.4) is 0 Å². The van der Waals surface area contributed by atoms with Gasteiger partial charge in [-0.1, -0.05) is 0 Å². The number of rotatable bonds is 6. The average molecular weight is 293 g/mol. The van der Waals surface area contributed by atoms with E-state index >= 15 is 0 Å². The molecule has 1 amide bonds. The number of thiazole rings is 1. The van der Waals surface area contributed by atoms with E-state index in [1.165, 1.54) is 0 Å². The molecule has 0 aliphatic heterocycles. The lowest BCUT2D eigenvalue weighted by Crippen LogP contribution is -2.27. The molecule has 1 N–H and O–H groups in total. The number of hydrogen-bond acceptors (Lipinski definition) is 4. The molecule has 2 rings (SSSR count). The van der Waals surface area contributed by atoms with Crippen molar-refractivity contribution in [2.45, 2.75) is 20.8 Å². The molecular formula is C14H19N3O2S. The smallest absolute Gasteiger partial charge is 0.253 e. The van der Waals surface area contributed by atoms with Crippen LogP contribution in [0.25, 0.3) is 5.13 Å². The summed E-state index contributed by atoms with van der Waals surface area (Å²) < 4.78 is 7.21. The van der Waals surface area contributed by atoms with Crippen LogP contribution >= 0.6 is 11.3 Å². The number of aromatic nitrogens is 2. The molecule has 20 heavy (non-hydrogen) atoms. The molecule has 0 atom stereocenters. The van der Waals surface area contributed by atoms with E-state index in [1.54, 1.807) is 17.5 Å². The lowest BCUT2D eigenvalue weighted by Gasteiger charge is -2.07. The number of amides is 1. The number of nitrogens with one attached hydrogen (secondary N) is 1. The van der Waals surface area contributed by atoms with Gasteiger partial charge in [0.05, 0.1) is 12.2 Å². The van der Waals surface area contributed by atoms with E-state index in [-0.39, 0.29) is 5.91 Å². The Morgan fingerprint density at radius 3 is 2.95 bits per heavy atom. The van der Waals surface area contributed by atoms with E-state index in [4.69, 9.17) is 4.74 Å². The normalized spacial score (nSPS) is 10.8. The van der Waals surface area contributed by atoms with Gasteiger partial charge < -0.3 is 10.1 Å². The van der Waals surface area contributed by atoms with E-state index in [1.807, 2.05) is 36.8 Å². The summed E-state index contributed by atoms with van der Waals surface area (Å²) in [5, 5.41) is 5.68. The zero-order chi connectivity index (χ0) is 14.5. The Morgan fingerprint density at radius 1 is 1.50 bits per heavy atom. The van der Waals surface area contributed by atoms with Gasteiger partial charge in [0.25, 0.3) is 5.91 Å². The minimum Gasteiger partial charge on any atom is -0.380 e. The Hall–Kier alpha value is -1.66. The number of nitrogens with zero attached hydrogens (tertiary/aromatic N) is 2. The van der Waals surface area contributed by atoms with Gasteiger partial charge in [-0.3, -0.25) is 9.36 Å². The quantitative estimate of drug-likeness (QED) is 0.832. The van der Waals surface area contributed by atoms with E-state index in [0.717, 1.165) is 16.5 Å². The van der Waals surface area contributed by atoms with E-state index in [9.17, 15) is 4.79 Å². The summed E-state index contributed by atoms with van der Waals surface area (Å²) in [6, 6.07) is 1.90. The summed E-state index contributed by atoms with van der Waals surface area (Å²) >= 11 is 1.55. The van der Waals surface area contributed by atoms with Crippen molar-refractivity contribution in [3.05, 3.63) is 34.6 Å². The first-order valence-corrected chi connectivity index (χ1v) is 7.47. The van der Waals surface area contributed by atoms with Gasteiger partial charge >= 0.3 is 0 Å². The molecule has 6 heteroatoms. The largest absolute Gasteiger partial charge is 0.380 e. The zero-order valence-corrected chi connectivity index (χ0v) is 12.8. The Kier molecular flexibility index (Phi) is 4.92. The fourth-order valence-electron chi connectivity index (χ4n) is 2.09. The molecule has 0 aromatic carbocycles. The fraction of sp³-hybridized carbons (Fsp3) is 0.429. The van der Waals surface area contributed by atoms with Gasteiger partial charge in [-0.25, -0.2) is 4.98 Å². The third-order valence-electron chi connectivity index (χ3n) is 3.02. The molecule has 2 aromatic heterocycles. The van der Waals surface area contributed by atoms with Crippen LogP contribution in [0.15, 0.2) is 17.6 Å². The zero-order valence-electron chi connectivity index (χ0n) is 12.0. The van der Waals surface area contributed by atoms with Gasteiger partial charge in [-0.2, -0.15) is 0 Å². The van der Waals surface area contributed by atoms with Crippen molar-refractivity contribution in [3.63, 3.8) is 0 Å². The molecule has 2 aromatic rings. The van der Waals surface area contributed by atoms with Crippen LogP contribution in [0.2, 0.25) is 0 Å².